The molecule has 7 heteroatoms. The first kappa shape index (κ1) is 19.1. The smallest absolute Gasteiger partial charge is 0.191 e. The van der Waals surface area contributed by atoms with Crippen LogP contribution >= 0.6 is 11.6 Å². The summed E-state index contributed by atoms with van der Waals surface area (Å²) in [5.74, 6) is 1.53. The molecule has 1 heterocycles. The van der Waals surface area contributed by atoms with E-state index in [1.807, 2.05) is 49.8 Å². The lowest BCUT2D eigenvalue weighted by Crippen LogP contribution is -2.41. The Balaban J connectivity index is 1.82. The van der Waals surface area contributed by atoms with E-state index >= 15 is 0 Å². The van der Waals surface area contributed by atoms with Crippen molar-refractivity contribution in [1.29, 1.82) is 0 Å². The SMILES string of the molecule is CN=C(NCc1c(C)nn(C)c1C)NCC(C)Oc1ccc(Cl)cc1. The van der Waals surface area contributed by atoms with Crippen molar-refractivity contribution in [1.82, 2.24) is 20.4 Å². The molecule has 1 unspecified atom stereocenters. The summed E-state index contributed by atoms with van der Waals surface area (Å²) in [5, 5.41) is 11.7. The second kappa shape index (κ2) is 8.76. The summed E-state index contributed by atoms with van der Waals surface area (Å²) in [7, 11) is 3.71. The Morgan fingerprint density at radius 1 is 1.28 bits per heavy atom. The summed E-state index contributed by atoms with van der Waals surface area (Å²) in [6, 6.07) is 7.35. The highest BCUT2D eigenvalue weighted by Crippen LogP contribution is 2.16. The Kier molecular flexibility index (Phi) is 6.70. The number of aliphatic imine (C=N–C) groups is 1. The summed E-state index contributed by atoms with van der Waals surface area (Å²) < 4.78 is 7.74. The largest absolute Gasteiger partial charge is 0.489 e. The predicted molar refractivity (Wildman–Crippen MR) is 102 cm³/mol. The van der Waals surface area contributed by atoms with Crippen LogP contribution in [-0.4, -0.2) is 35.4 Å². The number of ether oxygens (including phenoxy) is 1. The van der Waals surface area contributed by atoms with Crippen molar-refractivity contribution < 1.29 is 4.74 Å². The number of hydrogen-bond donors (Lipinski definition) is 2. The maximum absolute atomic E-state index is 5.88. The number of aryl methyl sites for hydroxylation is 2. The fraction of sp³-hybridized carbons (Fsp3) is 0.444. The average Bonchev–Trinajstić information content (AvgIpc) is 2.82. The number of benzene rings is 1. The Labute approximate surface area is 154 Å². The lowest BCUT2D eigenvalue weighted by atomic mass is 10.2. The maximum atomic E-state index is 5.88. The van der Waals surface area contributed by atoms with Gasteiger partial charge in [-0.25, -0.2) is 0 Å². The Bertz CT molecular complexity index is 724. The predicted octanol–water partition coefficient (Wildman–Crippen LogP) is 2.82. The number of aromatic nitrogens is 2. The van der Waals surface area contributed by atoms with Gasteiger partial charge in [0.1, 0.15) is 11.9 Å². The van der Waals surface area contributed by atoms with Gasteiger partial charge in [0.05, 0.1) is 12.2 Å². The topological polar surface area (TPSA) is 63.5 Å². The molecule has 0 aliphatic rings. The van der Waals surface area contributed by atoms with E-state index in [0.717, 1.165) is 23.1 Å². The number of guanidine groups is 1. The van der Waals surface area contributed by atoms with Crippen molar-refractivity contribution in [3.8, 4) is 5.75 Å². The molecule has 0 saturated heterocycles. The van der Waals surface area contributed by atoms with Gasteiger partial charge < -0.3 is 15.4 Å². The Morgan fingerprint density at radius 3 is 2.52 bits per heavy atom. The summed E-state index contributed by atoms with van der Waals surface area (Å²) >= 11 is 5.88. The number of nitrogens with one attached hydrogen (secondary N) is 2. The molecule has 25 heavy (non-hydrogen) atoms. The van der Waals surface area contributed by atoms with E-state index in [-0.39, 0.29) is 6.10 Å². The molecule has 6 nitrogen and oxygen atoms in total. The van der Waals surface area contributed by atoms with Gasteiger partial charge in [-0.05, 0) is 45.0 Å². The van der Waals surface area contributed by atoms with E-state index < -0.39 is 0 Å². The Morgan fingerprint density at radius 2 is 1.96 bits per heavy atom. The standard InChI is InChI=1S/C18H26ClN5O/c1-12(25-16-8-6-15(19)7-9-16)10-21-18(20-4)22-11-17-13(2)23-24(5)14(17)3/h6-9,12H,10-11H2,1-5H3,(H2,20,21,22). The first-order valence-electron chi connectivity index (χ1n) is 8.26. The molecule has 2 aromatic rings. The van der Waals surface area contributed by atoms with Gasteiger partial charge in [-0.1, -0.05) is 11.6 Å². The zero-order chi connectivity index (χ0) is 18.4. The van der Waals surface area contributed by atoms with Crippen LogP contribution in [0.2, 0.25) is 5.02 Å². The average molecular weight is 364 g/mol. The lowest BCUT2D eigenvalue weighted by Gasteiger charge is -2.18. The van der Waals surface area contributed by atoms with Gasteiger partial charge >= 0.3 is 0 Å². The van der Waals surface area contributed by atoms with Crippen LogP contribution in [0.25, 0.3) is 0 Å². The van der Waals surface area contributed by atoms with Gasteiger partial charge in [0.15, 0.2) is 5.96 Å². The lowest BCUT2D eigenvalue weighted by molar-refractivity contribution is 0.224. The second-order valence-corrected chi connectivity index (χ2v) is 6.40. The van der Waals surface area contributed by atoms with Gasteiger partial charge in [0.2, 0.25) is 0 Å². The molecule has 136 valence electrons. The number of rotatable bonds is 6. The van der Waals surface area contributed by atoms with Crippen LogP contribution in [0.3, 0.4) is 0 Å². The fourth-order valence-corrected chi connectivity index (χ4v) is 2.62. The summed E-state index contributed by atoms with van der Waals surface area (Å²) in [5.41, 5.74) is 3.37. The summed E-state index contributed by atoms with van der Waals surface area (Å²) in [6.07, 6.45) is -0.0124. The van der Waals surface area contributed by atoms with Crippen LogP contribution in [0.15, 0.2) is 29.3 Å². The van der Waals surface area contributed by atoms with Crippen LogP contribution < -0.4 is 15.4 Å². The quantitative estimate of drug-likeness (QED) is 0.612. The third-order valence-corrected chi connectivity index (χ3v) is 4.27. The highest BCUT2D eigenvalue weighted by molar-refractivity contribution is 6.30. The van der Waals surface area contributed by atoms with Crippen LogP contribution in [0.5, 0.6) is 5.75 Å². The summed E-state index contributed by atoms with van der Waals surface area (Å²) in [6.45, 7) is 7.40. The molecule has 1 atom stereocenters. The minimum atomic E-state index is -0.0124. The third kappa shape index (κ3) is 5.39. The molecule has 0 spiro atoms. The molecular formula is C18H26ClN5O. The molecular weight excluding hydrogens is 338 g/mol. The molecule has 2 rings (SSSR count). The first-order valence-corrected chi connectivity index (χ1v) is 8.64. The van der Waals surface area contributed by atoms with Crippen LogP contribution in [0.1, 0.15) is 23.9 Å². The monoisotopic (exact) mass is 363 g/mol. The van der Waals surface area contributed by atoms with Crippen LogP contribution in [0.4, 0.5) is 0 Å². The molecule has 1 aromatic carbocycles. The molecule has 0 amide bonds. The van der Waals surface area contributed by atoms with Crippen molar-refractivity contribution in [2.75, 3.05) is 13.6 Å². The summed E-state index contributed by atoms with van der Waals surface area (Å²) in [4.78, 5) is 4.25. The van der Waals surface area contributed by atoms with E-state index in [1.54, 1.807) is 7.05 Å². The normalized spacial score (nSPS) is 12.8. The molecule has 2 N–H and O–H groups in total. The zero-order valence-corrected chi connectivity index (χ0v) is 16.2. The third-order valence-electron chi connectivity index (χ3n) is 4.02. The Hall–Kier alpha value is -2.21. The zero-order valence-electron chi connectivity index (χ0n) is 15.4. The number of halogens is 1. The first-order chi connectivity index (χ1) is 11.9. The van der Waals surface area contributed by atoms with Gasteiger partial charge in [-0.15, -0.1) is 0 Å². The van der Waals surface area contributed by atoms with Crippen molar-refractivity contribution in [3.05, 3.63) is 46.2 Å². The molecule has 1 aromatic heterocycles. The van der Waals surface area contributed by atoms with Gasteiger partial charge in [-0.2, -0.15) is 5.10 Å². The minimum Gasteiger partial charge on any atom is -0.489 e. The molecule has 0 aliphatic heterocycles. The van der Waals surface area contributed by atoms with E-state index in [0.29, 0.717) is 18.1 Å². The van der Waals surface area contributed by atoms with Crippen molar-refractivity contribution in [2.45, 2.75) is 33.4 Å². The number of nitrogens with zero attached hydrogens (tertiary/aromatic N) is 3. The van der Waals surface area contributed by atoms with Crippen molar-refractivity contribution in [3.63, 3.8) is 0 Å². The second-order valence-electron chi connectivity index (χ2n) is 5.96. The van der Waals surface area contributed by atoms with Crippen molar-refractivity contribution >= 4 is 17.6 Å². The van der Waals surface area contributed by atoms with E-state index in [9.17, 15) is 0 Å². The van der Waals surface area contributed by atoms with E-state index in [4.69, 9.17) is 16.3 Å². The maximum Gasteiger partial charge on any atom is 0.191 e. The number of hydrogen-bond acceptors (Lipinski definition) is 3. The molecule has 0 radical (unpaired) electrons. The fourth-order valence-electron chi connectivity index (χ4n) is 2.49. The van der Waals surface area contributed by atoms with Crippen molar-refractivity contribution in [2.24, 2.45) is 12.0 Å². The molecule has 0 bridgehead atoms. The van der Waals surface area contributed by atoms with Crippen LogP contribution in [0, 0.1) is 13.8 Å². The van der Waals surface area contributed by atoms with Gasteiger partial charge in [0.25, 0.3) is 0 Å². The molecule has 0 aliphatic carbocycles. The van der Waals surface area contributed by atoms with Gasteiger partial charge in [-0.3, -0.25) is 9.67 Å². The van der Waals surface area contributed by atoms with E-state index in [1.165, 1.54) is 5.56 Å². The van der Waals surface area contributed by atoms with E-state index in [2.05, 4.69) is 27.6 Å². The highest BCUT2D eigenvalue weighted by atomic mass is 35.5. The molecule has 0 fully saturated rings. The van der Waals surface area contributed by atoms with Gasteiger partial charge in [0, 0.05) is 36.9 Å². The highest BCUT2D eigenvalue weighted by Gasteiger charge is 2.10. The minimum absolute atomic E-state index is 0.0124. The molecule has 0 saturated carbocycles. The van der Waals surface area contributed by atoms with Crippen LogP contribution in [-0.2, 0) is 13.6 Å².